The Hall–Kier alpha value is -3.47. The van der Waals surface area contributed by atoms with Crippen LogP contribution < -0.4 is 4.90 Å². The van der Waals surface area contributed by atoms with Crippen molar-refractivity contribution in [2.75, 3.05) is 4.90 Å². The molecule has 1 atom stereocenters. The van der Waals surface area contributed by atoms with Gasteiger partial charge < -0.3 is 5.11 Å². The first-order valence-electron chi connectivity index (χ1n) is 8.81. The second kappa shape index (κ2) is 6.93. The number of hydrogen-bond acceptors (Lipinski definition) is 2. The van der Waals surface area contributed by atoms with Crippen LogP contribution in [-0.4, -0.2) is 11.0 Å². The Morgan fingerprint density at radius 3 is 2.18 bits per heavy atom. The van der Waals surface area contributed by atoms with Crippen LogP contribution in [0.3, 0.4) is 0 Å². The van der Waals surface area contributed by atoms with Gasteiger partial charge in [-0.1, -0.05) is 48.0 Å². The number of nitrogens with zero attached hydrogens (tertiary/aromatic N) is 1. The Kier molecular flexibility index (Phi) is 4.43. The maximum atomic E-state index is 14.7. The summed E-state index contributed by atoms with van der Waals surface area (Å²) in [6.07, 6.45) is 0. The quantitative estimate of drug-likeness (QED) is 0.670. The molecule has 0 bridgehead atoms. The normalized spacial score (nSPS) is 16.8. The first-order valence-corrected chi connectivity index (χ1v) is 8.81. The molecule has 4 rings (SSSR count). The fourth-order valence-electron chi connectivity index (χ4n) is 3.49. The molecular formula is C23H17F2NO2. The zero-order valence-corrected chi connectivity index (χ0v) is 15.1. The number of aliphatic hydroxyl groups is 1. The van der Waals surface area contributed by atoms with Crippen molar-refractivity contribution in [3.8, 4) is 0 Å². The summed E-state index contributed by atoms with van der Waals surface area (Å²) in [5.41, 5.74) is 2.58. The highest BCUT2D eigenvalue weighted by Crippen LogP contribution is 2.45. The average molecular weight is 377 g/mol. The van der Waals surface area contributed by atoms with Crippen molar-refractivity contribution in [1.82, 2.24) is 0 Å². The Bertz CT molecular complexity index is 1070. The molecule has 1 N–H and O–H groups in total. The molecule has 0 spiro atoms. The van der Waals surface area contributed by atoms with Crippen LogP contribution >= 0.6 is 0 Å². The van der Waals surface area contributed by atoms with Crippen molar-refractivity contribution in [3.05, 3.63) is 107 Å². The molecule has 1 unspecified atom stereocenters. The Morgan fingerprint density at radius 1 is 0.893 bits per heavy atom. The van der Waals surface area contributed by atoms with Crippen molar-refractivity contribution in [2.24, 2.45) is 0 Å². The number of carbonyl (C=O) groups is 1. The lowest BCUT2D eigenvalue weighted by atomic mass is 9.92. The van der Waals surface area contributed by atoms with Crippen LogP contribution in [0.5, 0.6) is 0 Å². The minimum atomic E-state index is -0.873. The molecule has 1 heterocycles. The van der Waals surface area contributed by atoms with Crippen molar-refractivity contribution in [1.29, 1.82) is 0 Å². The fourth-order valence-corrected chi connectivity index (χ4v) is 3.49. The van der Waals surface area contributed by atoms with Gasteiger partial charge in [0, 0.05) is 16.8 Å². The number of aryl methyl sites for hydroxylation is 1. The predicted molar refractivity (Wildman–Crippen MR) is 104 cm³/mol. The van der Waals surface area contributed by atoms with Crippen LogP contribution in [0.15, 0.2) is 78.6 Å². The van der Waals surface area contributed by atoms with Crippen molar-refractivity contribution in [3.63, 3.8) is 0 Å². The van der Waals surface area contributed by atoms with Crippen LogP contribution in [0.25, 0.3) is 5.57 Å². The number of hydrogen-bond donors (Lipinski definition) is 1. The van der Waals surface area contributed by atoms with Crippen molar-refractivity contribution >= 4 is 17.2 Å². The molecule has 3 aromatic carbocycles. The predicted octanol–water partition coefficient (Wildman–Crippen LogP) is 5.33. The molecule has 0 saturated carbocycles. The second-order valence-corrected chi connectivity index (χ2v) is 6.70. The van der Waals surface area contributed by atoms with Gasteiger partial charge in [-0.3, -0.25) is 9.69 Å². The summed E-state index contributed by atoms with van der Waals surface area (Å²) in [4.78, 5) is 14.2. The smallest absolute Gasteiger partial charge is 0.294 e. The molecular weight excluding hydrogens is 360 g/mol. The number of rotatable bonds is 3. The van der Waals surface area contributed by atoms with E-state index in [1.807, 2.05) is 19.1 Å². The van der Waals surface area contributed by atoms with Crippen LogP contribution in [0, 0.1) is 18.6 Å². The number of amides is 1. The third kappa shape index (κ3) is 2.95. The third-order valence-corrected chi connectivity index (χ3v) is 4.88. The summed E-state index contributed by atoms with van der Waals surface area (Å²) in [5, 5.41) is 10.7. The lowest BCUT2D eigenvalue weighted by molar-refractivity contribution is -0.117. The van der Waals surface area contributed by atoms with E-state index in [4.69, 9.17) is 0 Å². The molecule has 3 aromatic rings. The zero-order chi connectivity index (χ0) is 19.8. The molecule has 0 aromatic heterocycles. The summed E-state index contributed by atoms with van der Waals surface area (Å²) in [7, 11) is 0. The van der Waals surface area contributed by atoms with Gasteiger partial charge in [0.25, 0.3) is 5.91 Å². The van der Waals surface area contributed by atoms with E-state index < -0.39 is 29.3 Å². The molecule has 0 aliphatic carbocycles. The molecule has 1 amide bonds. The molecule has 140 valence electrons. The van der Waals surface area contributed by atoms with E-state index >= 15 is 0 Å². The average Bonchev–Trinajstić information content (AvgIpc) is 2.95. The van der Waals surface area contributed by atoms with Crippen molar-refractivity contribution < 1.29 is 18.7 Å². The molecule has 0 radical (unpaired) electrons. The third-order valence-electron chi connectivity index (χ3n) is 4.88. The van der Waals surface area contributed by atoms with Crippen LogP contribution in [0.4, 0.5) is 14.5 Å². The molecule has 0 saturated heterocycles. The first-order chi connectivity index (χ1) is 13.5. The van der Waals surface area contributed by atoms with E-state index in [-0.39, 0.29) is 5.56 Å². The van der Waals surface area contributed by atoms with Gasteiger partial charge in [-0.2, -0.15) is 0 Å². The Balaban J connectivity index is 1.93. The lowest BCUT2D eigenvalue weighted by Crippen LogP contribution is -2.30. The SMILES string of the molecule is Cc1ccc(C2=C(O)C(=O)N(c3ccc(F)cc3)C2c2ccccc2F)cc1. The fraction of sp³-hybridized carbons (Fsp3) is 0.0870. The largest absolute Gasteiger partial charge is 0.503 e. The van der Waals surface area contributed by atoms with Crippen LogP contribution in [0.1, 0.15) is 22.7 Å². The van der Waals surface area contributed by atoms with E-state index in [2.05, 4.69) is 0 Å². The highest BCUT2D eigenvalue weighted by atomic mass is 19.1. The number of benzene rings is 3. The minimum absolute atomic E-state index is 0.250. The van der Waals surface area contributed by atoms with E-state index in [1.54, 1.807) is 30.3 Å². The standard InChI is InChI=1S/C23H17F2NO2/c1-14-6-8-15(9-7-14)20-21(18-4-2-3-5-19(18)25)26(23(28)22(20)27)17-12-10-16(24)11-13-17/h2-13,21,27H,1H3. The Morgan fingerprint density at radius 2 is 1.54 bits per heavy atom. The van der Waals surface area contributed by atoms with Gasteiger partial charge in [-0.05, 0) is 42.8 Å². The van der Waals surface area contributed by atoms with Gasteiger partial charge in [0.05, 0.1) is 6.04 Å². The Labute approximate surface area is 161 Å². The molecule has 1 aliphatic heterocycles. The van der Waals surface area contributed by atoms with E-state index in [9.17, 15) is 18.7 Å². The number of aliphatic hydroxyl groups excluding tert-OH is 1. The summed E-state index contributed by atoms with van der Waals surface area (Å²) in [5.74, 6) is -2.04. The summed E-state index contributed by atoms with van der Waals surface area (Å²) in [6.45, 7) is 1.93. The van der Waals surface area contributed by atoms with Crippen molar-refractivity contribution in [2.45, 2.75) is 13.0 Å². The number of carbonyl (C=O) groups excluding carboxylic acids is 1. The molecule has 1 aliphatic rings. The van der Waals surface area contributed by atoms with Gasteiger partial charge in [-0.25, -0.2) is 8.78 Å². The van der Waals surface area contributed by atoms with E-state index in [1.165, 1.54) is 35.2 Å². The lowest BCUT2D eigenvalue weighted by Gasteiger charge is -2.27. The highest BCUT2D eigenvalue weighted by Gasteiger charge is 2.42. The maximum Gasteiger partial charge on any atom is 0.294 e. The molecule has 5 heteroatoms. The summed E-state index contributed by atoms with van der Waals surface area (Å²) < 4.78 is 28.1. The van der Waals surface area contributed by atoms with Gasteiger partial charge in [0.1, 0.15) is 11.6 Å². The molecule has 3 nitrogen and oxygen atoms in total. The van der Waals surface area contributed by atoms with Crippen LogP contribution in [-0.2, 0) is 4.79 Å². The summed E-state index contributed by atoms with van der Waals surface area (Å²) >= 11 is 0. The van der Waals surface area contributed by atoms with Gasteiger partial charge in [0.15, 0.2) is 5.76 Å². The minimum Gasteiger partial charge on any atom is -0.503 e. The monoisotopic (exact) mass is 377 g/mol. The van der Waals surface area contributed by atoms with Gasteiger partial charge >= 0.3 is 0 Å². The number of halogens is 2. The topological polar surface area (TPSA) is 40.5 Å². The van der Waals surface area contributed by atoms with E-state index in [0.717, 1.165) is 5.56 Å². The summed E-state index contributed by atoms with van der Waals surface area (Å²) in [6, 6.07) is 17.9. The van der Waals surface area contributed by atoms with Crippen LogP contribution in [0.2, 0.25) is 0 Å². The first kappa shape index (κ1) is 17.9. The maximum absolute atomic E-state index is 14.7. The van der Waals surface area contributed by atoms with E-state index in [0.29, 0.717) is 16.8 Å². The highest BCUT2D eigenvalue weighted by molar-refractivity contribution is 6.15. The molecule has 0 fully saturated rings. The molecule has 28 heavy (non-hydrogen) atoms. The second-order valence-electron chi connectivity index (χ2n) is 6.70. The van der Waals surface area contributed by atoms with Gasteiger partial charge in [-0.15, -0.1) is 0 Å². The number of anilines is 1. The zero-order valence-electron chi connectivity index (χ0n) is 15.1. The van der Waals surface area contributed by atoms with Gasteiger partial charge in [0.2, 0.25) is 0 Å².